The number of aromatic nitrogens is 2. The summed E-state index contributed by atoms with van der Waals surface area (Å²) in [6, 6.07) is 7.10. The van der Waals surface area contributed by atoms with Crippen LogP contribution >= 0.6 is 0 Å². The van der Waals surface area contributed by atoms with Crippen LogP contribution < -0.4 is 14.8 Å². The Bertz CT molecular complexity index is 596. The number of amides is 1. The summed E-state index contributed by atoms with van der Waals surface area (Å²) in [5.74, 6) is 1.13. The van der Waals surface area contributed by atoms with E-state index in [1.807, 2.05) is 19.2 Å². The van der Waals surface area contributed by atoms with Crippen LogP contribution in [0.5, 0.6) is 11.5 Å². The first-order valence-electron chi connectivity index (χ1n) is 6.65. The molecule has 2 aromatic rings. The molecule has 1 atom stereocenters. The maximum Gasteiger partial charge on any atom is 0.226 e. The van der Waals surface area contributed by atoms with Crippen molar-refractivity contribution in [1.29, 1.82) is 0 Å². The number of hydrogen-bond donors (Lipinski definition) is 1. The maximum absolute atomic E-state index is 12.0. The van der Waals surface area contributed by atoms with Crippen molar-refractivity contribution in [3.8, 4) is 11.5 Å². The van der Waals surface area contributed by atoms with Crippen LogP contribution in [0.3, 0.4) is 0 Å². The summed E-state index contributed by atoms with van der Waals surface area (Å²) in [7, 11) is 3.13. The average Bonchev–Trinajstić information content (AvgIpc) is 3.01. The van der Waals surface area contributed by atoms with Gasteiger partial charge in [-0.1, -0.05) is 0 Å². The Morgan fingerprint density at radius 3 is 2.71 bits per heavy atom. The van der Waals surface area contributed by atoms with E-state index in [2.05, 4.69) is 10.4 Å². The lowest BCUT2D eigenvalue weighted by atomic mass is 10.2. The first-order valence-corrected chi connectivity index (χ1v) is 6.65. The highest BCUT2D eigenvalue weighted by atomic mass is 16.5. The summed E-state index contributed by atoms with van der Waals surface area (Å²) in [5, 5.41) is 6.97. The quantitative estimate of drug-likeness (QED) is 0.887. The molecule has 112 valence electrons. The fourth-order valence-corrected chi connectivity index (χ4v) is 2.03. The summed E-state index contributed by atoms with van der Waals surface area (Å²) in [6.45, 7) is 1.95. The highest BCUT2D eigenvalue weighted by molar-refractivity contribution is 5.91. The lowest BCUT2D eigenvalue weighted by Crippen LogP contribution is -2.17. The Kier molecular flexibility index (Phi) is 4.81. The van der Waals surface area contributed by atoms with Gasteiger partial charge in [0.15, 0.2) is 11.5 Å². The molecule has 6 nitrogen and oxygen atoms in total. The maximum atomic E-state index is 12.0. The standard InChI is InChI=1S/C15H19N3O3/c1-11(18-8-4-7-16-18)9-15(19)17-12-5-6-13(20-2)14(10-12)21-3/h4-8,10-11H,9H2,1-3H3,(H,17,19)/t11-/m1/s1. The molecule has 0 aliphatic heterocycles. The second-order valence-electron chi connectivity index (χ2n) is 4.66. The van der Waals surface area contributed by atoms with Gasteiger partial charge in [-0.05, 0) is 25.1 Å². The van der Waals surface area contributed by atoms with Crippen molar-refractivity contribution in [2.24, 2.45) is 0 Å². The third kappa shape index (κ3) is 3.75. The summed E-state index contributed by atoms with van der Waals surface area (Å²) < 4.78 is 12.1. The highest BCUT2D eigenvalue weighted by Crippen LogP contribution is 2.29. The third-order valence-corrected chi connectivity index (χ3v) is 3.12. The summed E-state index contributed by atoms with van der Waals surface area (Å²) in [5.41, 5.74) is 0.672. The van der Waals surface area contributed by atoms with Crippen LogP contribution in [0.4, 0.5) is 5.69 Å². The van der Waals surface area contributed by atoms with Gasteiger partial charge in [0.2, 0.25) is 5.91 Å². The van der Waals surface area contributed by atoms with Gasteiger partial charge in [-0.2, -0.15) is 5.10 Å². The van der Waals surface area contributed by atoms with E-state index in [9.17, 15) is 4.79 Å². The molecule has 0 saturated heterocycles. The molecule has 1 heterocycles. The van der Waals surface area contributed by atoms with E-state index < -0.39 is 0 Å². The number of rotatable bonds is 6. The van der Waals surface area contributed by atoms with Crippen molar-refractivity contribution in [2.45, 2.75) is 19.4 Å². The predicted octanol–water partition coefficient (Wildman–Crippen LogP) is 2.49. The number of nitrogens with zero attached hydrogens (tertiary/aromatic N) is 2. The topological polar surface area (TPSA) is 65.4 Å². The van der Waals surface area contributed by atoms with Crippen LogP contribution in [0.15, 0.2) is 36.7 Å². The number of carbonyl (C=O) groups excluding carboxylic acids is 1. The third-order valence-electron chi connectivity index (χ3n) is 3.12. The molecular formula is C15H19N3O3. The van der Waals surface area contributed by atoms with Gasteiger partial charge in [0.05, 0.1) is 20.3 Å². The second kappa shape index (κ2) is 6.78. The zero-order valence-corrected chi connectivity index (χ0v) is 12.4. The second-order valence-corrected chi connectivity index (χ2v) is 4.66. The molecule has 0 unspecified atom stereocenters. The number of ether oxygens (including phenoxy) is 2. The van der Waals surface area contributed by atoms with E-state index in [0.717, 1.165) is 0 Å². The molecule has 1 N–H and O–H groups in total. The van der Waals surface area contributed by atoms with E-state index in [-0.39, 0.29) is 11.9 Å². The molecule has 0 radical (unpaired) electrons. The predicted molar refractivity (Wildman–Crippen MR) is 79.7 cm³/mol. The highest BCUT2D eigenvalue weighted by Gasteiger charge is 2.12. The molecule has 0 aliphatic rings. The van der Waals surface area contributed by atoms with Crippen LogP contribution in [0.1, 0.15) is 19.4 Å². The Balaban J connectivity index is 1.99. The Morgan fingerprint density at radius 2 is 2.10 bits per heavy atom. The van der Waals surface area contributed by atoms with Crippen molar-refractivity contribution in [3.63, 3.8) is 0 Å². The number of nitrogens with one attached hydrogen (secondary N) is 1. The first kappa shape index (κ1) is 14.9. The van der Waals surface area contributed by atoms with Gasteiger partial charge >= 0.3 is 0 Å². The summed E-state index contributed by atoms with van der Waals surface area (Å²) in [4.78, 5) is 12.0. The summed E-state index contributed by atoms with van der Waals surface area (Å²) >= 11 is 0. The van der Waals surface area contributed by atoms with E-state index in [1.54, 1.807) is 43.3 Å². The van der Waals surface area contributed by atoms with Gasteiger partial charge in [-0.3, -0.25) is 9.48 Å². The lowest BCUT2D eigenvalue weighted by molar-refractivity contribution is -0.116. The molecule has 0 saturated carbocycles. The smallest absolute Gasteiger partial charge is 0.226 e. The van der Waals surface area contributed by atoms with Crippen molar-refractivity contribution in [3.05, 3.63) is 36.7 Å². The molecule has 1 aromatic carbocycles. The normalized spacial score (nSPS) is 11.8. The molecular weight excluding hydrogens is 270 g/mol. The fourth-order valence-electron chi connectivity index (χ4n) is 2.03. The fraction of sp³-hybridized carbons (Fsp3) is 0.333. The minimum Gasteiger partial charge on any atom is -0.493 e. The van der Waals surface area contributed by atoms with Crippen LogP contribution in [0.2, 0.25) is 0 Å². The molecule has 6 heteroatoms. The van der Waals surface area contributed by atoms with E-state index in [0.29, 0.717) is 23.6 Å². The Hall–Kier alpha value is -2.50. The van der Waals surface area contributed by atoms with Gasteiger partial charge in [0, 0.05) is 30.6 Å². The molecule has 2 rings (SSSR count). The zero-order valence-electron chi connectivity index (χ0n) is 12.4. The molecule has 0 bridgehead atoms. The summed E-state index contributed by atoms with van der Waals surface area (Å²) in [6.07, 6.45) is 3.88. The van der Waals surface area contributed by atoms with Crippen LogP contribution in [-0.2, 0) is 4.79 Å². The molecule has 21 heavy (non-hydrogen) atoms. The zero-order chi connectivity index (χ0) is 15.2. The average molecular weight is 289 g/mol. The number of benzene rings is 1. The first-order chi connectivity index (χ1) is 10.1. The van der Waals surface area contributed by atoms with Crippen molar-refractivity contribution < 1.29 is 14.3 Å². The Morgan fingerprint density at radius 1 is 1.33 bits per heavy atom. The molecule has 0 spiro atoms. The SMILES string of the molecule is COc1ccc(NC(=O)C[C@@H](C)n2cccn2)cc1OC. The number of hydrogen-bond acceptors (Lipinski definition) is 4. The Labute approximate surface area is 123 Å². The minimum absolute atomic E-state index is 0.000133. The van der Waals surface area contributed by atoms with Crippen molar-refractivity contribution >= 4 is 11.6 Å². The van der Waals surface area contributed by atoms with Gasteiger partial charge in [-0.15, -0.1) is 0 Å². The minimum atomic E-state index is -0.0785. The number of methoxy groups -OCH3 is 2. The van der Waals surface area contributed by atoms with Crippen LogP contribution in [0.25, 0.3) is 0 Å². The molecule has 1 aromatic heterocycles. The molecule has 0 fully saturated rings. The van der Waals surface area contributed by atoms with E-state index in [4.69, 9.17) is 9.47 Å². The van der Waals surface area contributed by atoms with Crippen LogP contribution in [-0.4, -0.2) is 29.9 Å². The van der Waals surface area contributed by atoms with Gasteiger partial charge in [-0.25, -0.2) is 0 Å². The van der Waals surface area contributed by atoms with Gasteiger partial charge in [0.25, 0.3) is 0 Å². The van der Waals surface area contributed by atoms with Gasteiger partial charge < -0.3 is 14.8 Å². The van der Waals surface area contributed by atoms with Crippen LogP contribution in [0, 0.1) is 0 Å². The molecule has 0 aliphatic carbocycles. The number of carbonyl (C=O) groups is 1. The number of anilines is 1. The van der Waals surface area contributed by atoms with Crippen molar-refractivity contribution in [2.75, 3.05) is 19.5 Å². The van der Waals surface area contributed by atoms with Gasteiger partial charge in [0.1, 0.15) is 0 Å². The largest absolute Gasteiger partial charge is 0.493 e. The van der Waals surface area contributed by atoms with E-state index in [1.165, 1.54) is 0 Å². The molecule has 1 amide bonds. The van der Waals surface area contributed by atoms with E-state index >= 15 is 0 Å². The van der Waals surface area contributed by atoms with Crippen molar-refractivity contribution in [1.82, 2.24) is 9.78 Å². The monoisotopic (exact) mass is 289 g/mol. The lowest BCUT2D eigenvalue weighted by Gasteiger charge is -2.13.